The van der Waals surface area contributed by atoms with E-state index in [1.807, 2.05) is 36.4 Å². The van der Waals surface area contributed by atoms with E-state index < -0.39 is 0 Å². The highest BCUT2D eigenvalue weighted by atomic mass is 16.5. The molecule has 3 aromatic rings. The Kier molecular flexibility index (Phi) is 8.04. The van der Waals surface area contributed by atoms with Gasteiger partial charge in [0.25, 0.3) is 5.91 Å². The minimum absolute atomic E-state index is 0.0750. The number of benzene rings is 2. The lowest BCUT2D eigenvalue weighted by molar-refractivity contribution is -0.121. The van der Waals surface area contributed by atoms with Gasteiger partial charge in [0.1, 0.15) is 0 Å². The predicted molar refractivity (Wildman–Crippen MR) is 130 cm³/mol. The second-order valence-electron chi connectivity index (χ2n) is 8.60. The number of hydrogen-bond donors (Lipinski definition) is 2. The van der Waals surface area contributed by atoms with E-state index in [9.17, 15) is 9.59 Å². The molecule has 0 radical (unpaired) electrons. The number of nitrogens with one attached hydrogen (secondary N) is 2. The molecule has 178 valence electrons. The summed E-state index contributed by atoms with van der Waals surface area (Å²) in [5.74, 6) is 0.681. The molecule has 0 bridgehead atoms. The van der Waals surface area contributed by atoms with E-state index in [1.165, 1.54) is 0 Å². The van der Waals surface area contributed by atoms with E-state index in [2.05, 4.69) is 32.6 Å². The van der Waals surface area contributed by atoms with E-state index in [1.54, 1.807) is 18.2 Å². The van der Waals surface area contributed by atoms with Crippen LogP contribution in [0.25, 0.3) is 11.4 Å². The number of carbonyl (C=O) groups is 2. The van der Waals surface area contributed by atoms with Crippen LogP contribution in [-0.2, 0) is 11.3 Å². The van der Waals surface area contributed by atoms with Crippen LogP contribution in [0.4, 0.5) is 5.69 Å². The lowest BCUT2D eigenvalue weighted by Crippen LogP contribution is -2.40. The fraction of sp³-hybridized carbons (Fsp3) is 0.385. The first kappa shape index (κ1) is 23.6. The normalized spacial score (nSPS) is 16.2. The molecule has 1 fully saturated rings. The summed E-state index contributed by atoms with van der Waals surface area (Å²) in [6.45, 7) is 4.66. The summed E-state index contributed by atoms with van der Waals surface area (Å²) >= 11 is 0. The minimum atomic E-state index is -0.179. The zero-order chi connectivity index (χ0) is 23.8. The van der Waals surface area contributed by atoms with Gasteiger partial charge in [0.2, 0.25) is 17.6 Å². The van der Waals surface area contributed by atoms with Crippen molar-refractivity contribution in [3.8, 4) is 11.4 Å². The van der Waals surface area contributed by atoms with Gasteiger partial charge in [0, 0.05) is 18.7 Å². The molecule has 2 amide bonds. The van der Waals surface area contributed by atoms with E-state index in [4.69, 9.17) is 4.52 Å². The van der Waals surface area contributed by atoms with Crippen molar-refractivity contribution in [1.29, 1.82) is 0 Å². The highest BCUT2D eigenvalue weighted by Gasteiger charge is 2.27. The van der Waals surface area contributed by atoms with Crippen molar-refractivity contribution in [2.24, 2.45) is 5.92 Å². The van der Waals surface area contributed by atoms with Crippen LogP contribution in [0, 0.1) is 5.92 Å². The number of aromatic nitrogens is 2. The van der Waals surface area contributed by atoms with Crippen molar-refractivity contribution in [1.82, 2.24) is 20.4 Å². The van der Waals surface area contributed by atoms with Gasteiger partial charge in [-0.3, -0.25) is 14.5 Å². The molecule has 1 unspecified atom stereocenters. The first-order valence-electron chi connectivity index (χ1n) is 11.9. The number of likely N-dealkylation sites (tertiary alicyclic amines) is 1. The molecular formula is C26H31N5O3. The maximum atomic E-state index is 13.1. The first-order valence-corrected chi connectivity index (χ1v) is 11.9. The van der Waals surface area contributed by atoms with Gasteiger partial charge in [-0.1, -0.05) is 61.0 Å². The fourth-order valence-corrected chi connectivity index (χ4v) is 4.13. The summed E-state index contributed by atoms with van der Waals surface area (Å²) in [4.78, 5) is 32.3. The summed E-state index contributed by atoms with van der Waals surface area (Å²) in [6, 6.07) is 16.8. The van der Waals surface area contributed by atoms with E-state index in [0.717, 1.165) is 37.8 Å². The largest absolute Gasteiger partial charge is 0.352 e. The molecule has 2 heterocycles. The lowest BCUT2D eigenvalue weighted by Gasteiger charge is -2.31. The number of piperidine rings is 1. The molecule has 1 aromatic heterocycles. The van der Waals surface area contributed by atoms with Crippen LogP contribution in [0.2, 0.25) is 0 Å². The molecule has 1 aliphatic heterocycles. The molecule has 8 heteroatoms. The molecule has 1 saturated heterocycles. The van der Waals surface area contributed by atoms with Crippen molar-refractivity contribution < 1.29 is 14.1 Å². The quantitative estimate of drug-likeness (QED) is 0.465. The van der Waals surface area contributed by atoms with E-state index in [0.29, 0.717) is 42.6 Å². The number of anilines is 1. The highest BCUT2D eigenvalue weighted by molar-refractivity contribution is 6.04. The zero-order valence-corrected chi connectivity index (χ0v) is 19.5. The molecule has 4 rings (SSSR count). The number of nitrogens with zero attached hydrogens (tertiary/aromatic N) is 3. The van der Waals surface area contributed by atoms with Crippen molar-refractivity contribution in [2.75, 3.05) is 25.0 Å². The van der Waals surface area contributed by atoms with Gasteiger partial charge in [-0.2, -0.15) is 4.98 Å². The Hall–Kier alpha value is -3.52. The number of carbonyl (C=O) groups excluding carboxylic acids is 2. The van der Waals surface area contributed by atoms with Crippen molar-refractivity contribution in [3.63, 3.8) is 0 Å². The van der Waals surface area contributed by atoms with Gasteiger partial charge in [0.05, 0.1) is 23.7 Å². The molecule has 1 aliphatic rings. The maximum Gasteiger partial charge on any atom is 0.253 e. The van der Waals surface area contributed by atoms with E-state index in [-0.39, 0.29) is 17.7 Å². The molecule has 2 aromatic carbocycles. The second-order valence-corrected chi connectivity index (χ2v) is 8.60. The Balaban J connectivity index is 1.35. The topological polar surface area (TPSA) is 100 Å². The molecule has 1 atom stereocenters. The summed E-state index contributed by atoms with van der Waals surface area (Å²) in [7, 11) is 0. The standard InChI is InChI=1S/C26H31N5O3/c1-2-3-15-27-26(33)21-13-7-8-14-22(21)28-25(32)20-12-9-16-31(17-20)18-23-29-24(30-34-23)19-10-5-4-6-11-19/h4-8,10-11,13-14,20H,2-3,9,12,15-18H2,1H3,(H,27,33)(H,28,32). The smallest absolute Gasteiger partial charge is 0.253 e. The number of hydrogen-bond acceptors (Lipinski definition) is 6. The van der Waals surface area contributed by atoms with Crippen LogP contribution in [0.15, 0.2) is 59.1 Å². The van der Waals surface area contributed by atoms with Crippen molar-refractivity contribution in [3.05, 3.63) is 66.1 Å². The summed E-state index contributed by atoms with van der Waals surface area (Å²) in [5.41, 5.74) is 1.94. The summed E-state index contributed by atoms with van der Waals surface area (Å²) < 4.78 is 5.45. The van der Waals surface area contributed by atoms with Crippen LogP contribution >= 0.6 is 0 Å². The molecule has 34 heavy (non-hydrogen) atoms. The van der Waals surface area contributed by atoms with Crippen molar-refractivity contribution >= 4 is 17.5 Å². The third-order valence-corrected chi connectivity index (χ3v) is 5.98. The number of rotatable bonds is 9. The lowest BCUT2D eigenvalue weighted by atomic mass is 9.96. The molecule has 0 spiro atoms. The Morgan fingerprint density at radius 1 is 1.12 bits per heavy atom. The molecule has 0 saturated carbocycles. The molecular weight excluding hydrogens is 430 g/mol. The molecule has 8 nitrogen and oxygen atoms in total. The van der Waals surface area contributed by atoms with Gasteiger partial charge in [-0.05, 0) is 37.9 Å². The van der Waals surface area contributed by atoms with Gasteiger partial charge in [-0.25, -0.2) is 0 Å². The summed E-state index contributed by atoms with van der Waals surface area (Å²) in [6.07, 6.45) is 3.63. The average molecular weight is 462 g/mol. The SMILES string of the molecule is CCCCNC(=O)c1ccccc1NC(=O)C1CCCN(Cc2nc(-c3ccccc3)no2)C1. The predicted octanol–water partition coefficient (Wildman–Crippen LogP) is 4.12. The minimum Gasteiger partial charge on any atom is -0.352 e. The van der Waals surface area contributed by atoms with Crippen LogP contribution in [0.3, 0.4) is 0 Å². The fourth-order valence-electron chi connectivity index (χ4n) is 4.13. The monoisotopic (exact) mass is 461 g/mol. The number of para-hydroxylation sites is 1. The van der Waals surface area contributed by atoms with Crippen LogP contribution in [0.5, 0.6) is 0 Å². The molecule has 2 N–H and O–H groups in total. The first-order chi connectivity index (χ1) is 16.6. The van der Waals surface area contributed by atoms with Crippen LogP contribution in [0.1, 0.15) is 48.9 Å². The Labute approximate surface area is 199 Å². The average Bonchev–Trinajstić information content (AvgIpc) is 3.33. The Morgan fingerprint density at radius 2 is 1.91 bits per heavy atom. The second kappa shape index (κ2) is 11.6. The molecule has 0 aliphatic carbocycles. The van der Waals surface area contributed by atoms with Gasteiger partial charge in [-0.15, -0.1) is 0 Å². The Morgan fingerprint density at radius 3 is 2.74 bits per heavy atom. The van der Waals surface area contributed by atoms with Crippen molar-refractivity contribution in [2.45, 2.75) is 39.2 Å². The van der Waals surface area contributed by atoms with Crippen LogP contribution < -0.4 is 10.6 Å². The third-order valence-electron chi connectivity index (χ3n) is 5.98. The number of amides is 2. The van der Waals surface area contributed by atoms with Crippen LogP contribution in [-0.4, -0.2) is 46.5 Å². The highest BCUT2D eigenvalue weighted by Crippen LogP contribution is 2.23. The van der Waals surface area contributed by atoms with Gasteiger partial charge in [0.15, 0.2) is 0 Å². The third kappa shape index (κ3) is 6.08. The maximum absolute atomic E-state index is 13.1. The van der Waals surface area contributed by atoms with Gasteiger partial charge < -0.3 is 15.2 Å². The Bertz CT molecular complexity index is 1100. The summed E-state index contributed by atoms with van der Waals surface area (Å²) in [5, 5.41) is 9.99. The van der Waals surface area contributed by atoms with E-state index >= 15 is 0 Å². The van der Waals surface area contributed by atoms with Gasteiger partial charge >= 0.3 is 0 Å². The number of unbranched alkanes of at least 4 members (excludes halogenated alkanes) is 1. The zero-order valence-electron chi connectivity index (χ0n) is 19.5.